The minimum absolute atomic E-state index is 0. The third-order valence-corrected chi connectivity index (χ3v) is 16.8. The van der Waals surface area contributed by atoms with Gasteiger partial charge in [0, 0.05) is 115 Å². The number of nitrogens with zero attached hydrogens (tertiary/aromatic N) is 6. The summed E-state index contributed by atoms with van der Waals surface area (Å²) in [4.78, 5) is 59.1. The number of fused-ring (bicyclic) bond motifs is 3. The van der Waals surface area contributed by atoms with E-state index in [-0.39, 0.29) is 91.1 Å². The van der Waals surface area contributed by atoms with Crippen LogP contribution in [-0.2, 0) is 53.2 Å². The quantitative estimate of drug-likeness (QED) is 0.0948. The van der Waals surface area contributed by atoms with E-state index in [1.807, 2.05) is 48.8 Å². The van der Waals surface area contributed by atoms with E-state index in [2.05, 4.69) is 46.5 Å². The summed E-state index contributed by atoms with van der Waals surface area (Å²) in [7, 11) is 0. The molecule has 0 radical (unpaired) electrons. The molecule has 0 bridgehead atoms. The van der Waals surface area contributed by atoms with E-state index in [9.17, 15) is 27.6 Å². The van der Waals surface area contributed by atoms with Crippen molar-refractivity contribution >= 4 is 83.7 Å². The van der Waals surface area contributed by atoms with Crippen LogP contribution < -0.4 is 16.0 Å². The summed E-state index contributed by atoms with van der Waals surface area (Å²) in [5, 5.41) is 32.0. The molecule has 0 atom stereocenters. The standard InChI is InChI=1S/2C18H20ClFN4O.C11H13ClFN.C11H17N3O2.CO2.2ClH.2H2/c2*19-16-12(2-1-3-14(16)20)11-5-8-24(9-6-11)18(25)17-13-10-21-7-4-15(13)22-23-17;12-11-9(2-1-3-10(11)13)8-4-6-14-7-5-8;1-11(2,3)16-10(15)14-5-4-9-8(7-14)6-12-13-9;2-1-3;;;;/h2*1-3,11,21H,4-10H2,(H,22,23);1-3,8,14H,4-7H2;6H,4-5,7H2,1-3H3,(H,12,13);;4*1H. The van der Waals surface area contributed by atoms with Crippen LogP contribution >= 0.6 is 59.6 Å². The molecule has 0 spiro atoms. The Bertz CT molecular complexity index is 3100. The van der Waals surface area contributed by atoms with Crippen molar-refractivity contribution in [2.75, 3.05) is 58.9 Å². The Hall–Kier alpha value is -6.00. The molecule has 3 aromatic heterocycles. The van der Waals surface area contributed by atoms with Gasteiger partial charge in [0.25, 0.3) is 11.8 Å². The van der Waals surface area contributed by atoms with Gasteiger partial charge in [-0.05, 0) is 125 Å². The number of aromatic nitrogens is 6. The first kappa shape index (κ1) is 68.1. The number of nitrogens with one attached hydrogen (secondary N) is 6. The van der Waals surface area contributed by atoms with Gasteiger partial charge in [0.05, 0.1) is 27.8 Å². The van der Waals surface area contributed by atoms with Gasteiger partial charge in [0.2, 0.25) is 0 Å². The van der Waals surface area contributed by atoms with Crippen LogP contribution in [0.5, 0.6) is 0 Å². The zero-order valence-corrected chi connectivity index (χ0v) is 51.5. The number of piperidine rings is 3. The fourth-order valence-corrected chi connectivity index (χ4v) is 12.1. The second-order valence-corrected chi connectivity index (χ2v) is 23.2. The molecule has 26 heteroatoms. The molecule has 6 aliphatic rings. The van der Waals surface area contributed by atoms with Gasteiger partial charge >= 0.3 is 12.2 Å². The van der Waals surface area contributed by atoms with Crippen LogP contribution in [0.15, 0.2) is 60.8 Å². The molecule has 3 fully saturated rings. The topological polar surface area (TPSA) is 226 Å². The molecule has 3 saturated heterocycles. The van der Waals surface area contributed by atoms with Gasteiger partial charge in [-0.2, -0.15) is 24.9 Å². The molecular formula is C59H76Cl5F3N12O6. The Labute approximate surface area is 522 Å². The van der Waals surface area contributed by atoms with Crippen LogP contribution in [0, 0.1) is 17.5 Å². The number of carbonyl (C=O) groups is 3. The minimum Gasteiger partial charge on any atom is -0.444 e. The van der Waals surface area contributed by atoms with Crippen molar-refractivity contribution in [3.63, 3.8) is 0 Å². The third kappa shape index (κ3) is 17.6. The molecular weight excluding hydrogens is 1210 g/mol. The highest BCUT2D eigenvalue weighted by Gasteiger charge is 2.33. The Kier molecular flexibility index (Phi) is 25.7. The molecule has 3 aromatic carbocycles. The smallest absolute Gasteiger partial charge is 0.410 e. The van der Waals surface area contributed by atoms with Gasteiger partial charge in [-0.3, -0.25) is 24.9 Å². The van der Waals surface area contributed by atoms with Gasteiger partial charge in [0.15, 0.2) is 11.4 Å². The maximum atomic E-state index is 13.7. The highest BCUT2D eigenvalue weighted by Crippen LogP contribution is 2.37. The maximum Gasteiger partial charge on any atom is 0.410 e. The van der Waals surface area contributed by atoms with E-state index < -0.39 is 5.60 Å². The van der Waals surface area contributed by atoms with Crippen molar-refractivity contribution < 1.29 is 44.7 Å². The highest BCUT2D eigenvalue weighted by molar-refractivity contribution is 6.32. The number of likely N-dealkylation sites (tertiary alicyclic amines) is 2. The van der Waals surface area contributed by atoms with Gasteiger partial charge in [-0.1, -0.05) is 71.2 Å². The van der Waals surface area contributed by atoms with Crippen LogP contribution in [0.2, 0.25) is 15.1 Å². The van der Waals surface area contributed by atoms with Crippen LogP contribution in [0.25, 0.3) is 0 Å². The largest absolute Gasteiger partial charge is 0.444 e. The number of benzene rings is 3. The average molecular weight is 1280 g/mol. The number of rotatable bonds is 5. The molecule has 464 valence electrons. The summed E-state index contributed by atoms with van der Waals surface area (Å²) in [6.07, 6.45) is 9.52. The number of halogens is 8. The van der Waals surface area contributed by atoms with E-state index >= 15 is 0 Å². The lowest BCUT2D eigenvalue weighted by atomic mass is 9.89. The summed E-state index contributed by atoms with van der Waals surface area (Å²) in [6, 6.07) is 15.0. The first-order chi connectivity index (χ1) is 40.0. The Morgan fingerprint density at radius 3 is 1.40 bits per heavy atom. The van der Waals surface area contributed by atoms with Crippen LogP contribution in [0.4, 0.5) is 18.0 Å². The van der Waals surface area contributed by atoms with E-state index in [1.165, 1.54) is 18.2 Å². The summed E-state index contributed by atoms with van der Waals surface area (Å²) in [5.41, 5.74) is 9.59. The van der Waals surface area contributed by atoms with Crippen LogP contribution in [0.3, 0.4) is 0 Å². The molecule has 6 N–H and O–H groups in total. The lowest BCUT2D eigenvalue weighted by Crippen LogP contribution is -2.39. The fraction of sp³-hybridized carbons (Fsp3) is 0.475. The molecule has 6 aromatic rings. The third-order valence-electron chi connectivity index (χ3n) is 15.6. The number of H-pyrrole nitrogens is 3. The Morgan fingerprint density at radius 2 is 0.988 bits per heavy atom. The second kappa shape index (κ2) is 32.1. The maximum absolute atomic E-state index is 13.7. The fourth-order valence-electron chi connectivity index (χ4n) is 11.2. The monoisotopic (exact) mass is 1280 g/mol. The van der Waals surface area contributed by atoms with Crippen LogP contribution in [-0.4, -0.2) is 134 Å². The highest BCUT2D eigenvalue weighted by atomic mass is 35.5. The first-order valence-corrected chi connectivity index (χ1v) is 29.2. The van der Waals surface area contributed by atoms with Crippen molar-refractivity contribution in [2.45, 2.75) is 122 Å². The lowest BCUT2D eigenvalue weighted by Gasteiger charge is -2.32. The van der Waals surface area contributed by atoms with E-state index in [0.29, 0.717) is 74.7 Å². The summed E-state index contributed by atoms with van der Waals surface area (Å²) >= 11 is 18.2. The molecule has 0 unspecified atom stereocenters. The van der Waals surface area contributed by atoms with Crippen molar-refractivity contribution in [1.82, 2.24) is 61.2 Å². The van der Waals surface area contributed by atoms with E-state index in [1.54, 1.807) is 29.3 Å². The molecule has 85 heavy (non-hydrogen) atoms. The first-order valence-electron chi connectivity index (χ1n) is 28.1. The van der Waals surface area contributed by atoms with Crippen LogP contribution in [0.1, 0.15) is 151 Å². The van der Waals surface area contributed by atoms with E-state index in [0.717, 1.165) is 134 Å². The summed E-state index contributed by atoms with van der Waals surface area (Å²) in [6.45, 7) is 14.6. The predicted octanol–water partition coefficient (Wildman–Crippen LogP) is 11.1. The second-order valence-electron chi connectivity index (χ2n) is 22.1. The van der Waals surface area contributed by atoms with Crippen molar-refractivity contribution in [2.24, 2.45) is 0 Å². The van der Waals surface area contributed by atoms with Crippen molar-refractivity contribution in [3.8, 4) is 0 Å². The molecule has 6 aliphatic heterocycles. The Morgan fingerprint density at radius 1 is 0.576 bits per heavy atom. The number of aromatic amines is 3. The number of amides is 3. The Balaban J connectivity index is 0.000000247. The van der Waals surface area contributed by atoms with Crippen molar-refractivity contribution in [3.05, 3.63) is 155 Å². The van der Waals surface area contributed by atoms with Crippen molar-refractivity contribution in [1.29, 1.82) is 0 Å². The number of hydrogen-bond acceptors (Lipinski definition) is 12. The average Bonchev–Trinajstić information content (AvgIpc) is 2.85. The number of hydrogen-bond donors (Lipinski definition) is 6. The van der Waals surface area contributed by atoms with Gasteiger partial charge < -0.3 is 35.4 Å². The lowest BCUT2D eigenvalue weighted by molar-refractivity contribution is -0.191. The van der Waals surface area contributed by atoms with E-state index in [4.69, 9.17) is 49.1 Å². The molecule has 0 aliphatic carbocycles. The summed E-state index contributed by atoms with van der Waals surface area (Å²) < 4.78 is 45.9. The molecule has 0 saturated carbocycles. The van der Waals surface area contributed by atoms with Gasteiger partial charge in [0.1, 0.15) is 23.1 Å². The molecule has 9 heterocycles. The minimum atomic E-state index is -0.437. The molecule has 12 rings (SSSR count). The molecule has 18 nitrogen and oxygen atoms in total. The SMILES string of the molecule is CC(C)(C)OC(=O)N1CCc2[nH]ncc2C1.Cl.Cl.Fc1cccc(C2CCNCC2)c1Cl.O=C(c1n[nH]c2c1CNCC2)N1CCC(c2cccc(F)c2Cl)CC1.O=C(c1n[nH]c2c1CNCC2)N1CCC(c2cccc(F)c2Cl)CC1.O=C=O.[HH].[HH]. The molecule has 3 amide bonds. The number of carbonyl (C=O) groups excluding carboxylic acids is 5. The zero-order valence-electron chi connectivity index (χ0n) is 47.6. The van der Waals surface area contributed by atoms with Gasteiger partial charge in [-0.15, -0.1) is 24.8 Å². The summed E-state index contributed by atoms with van der Waals surface area (Å²) in [5.74, 6) is -0.331. The predicted molar refractivity (Wildman–Crippen MR) is 325 cm³/mol. The van der Waals surface area contributed by atoms with Gasteiger partial charge in [-0.25, -0.2) is 18.0 Å². The normalized spacial score (nSPS) is 16.8. The number of ether oxygens (including phenoxy) is 1. The zero-order chi connectivity index (χ0) is 59.2.